The minimum absolute atomic E-state index is 0.0539. The summed E-state index contributed by atoms with van der Waals surface area (Å²) in [5.41, 5.74) is 8.50. The maximum Gasteiger partial charge on any atom is 0.261 e. The fraction of sp³-hybridized carbons (Fsp3) is 0.0526. The van der Waals surface area contributed by atoms with Crippen molar-refractivity contribution in [2.75, 3.05) is 0 Å². The number of hydrogen-bond donors (Lipinski definition) is 2. The van der Waals surface area contributed by atoms with Gasteiger partial charge in [0.05, 0.1) is 0 Å². The van der Waals surface area contributed by atoms with E-state index in [1.807, 2.05) is 30.3 Å². The van der Waals surface area contributed by atoms with E-state index in [9.17, 15) is 9.59 Å². The summed E-state index contributed by atoms with van der Waals surface area (Å²) in [6.45, 7) is 1.80. The van der Waals surface area contributed by atoms with Gasteiger partial charge in [0, 0.05) is 21.8 Å². The van der Waals surface area contributed by atoms with Crippen molar-refractivity contribution in [1.29, 1.82) is 0 Å². The summed E-state index contributed by atoms with van der Waals surface area (Å²) in [7, 11) is 0. The first-order valence-electron chi connectivity index (χ1n) is 7.37. The number of aromatic nitrogens is 1. The molecule has 0 aliphatic heterocycles. The number of carbonyl (C=O) groups is 1. The predicted molar refractivity (Wildman–Crippen MR) is 96.2 cm³/mol. The molecule has 0 fully saturated rings. The average Bonchev–Trinajstić information content (AvgIpc) is 2.55. The summed E-state index contributed by atoms with van der Waals surface area (Å²) in [5.74, 6) is -0.765. The van der Waals surface area contributed by atoms with E-state index in [1.165, 1.54) is 0 Å². The summed E-state index contributed by atoms with van der Waals surface area (Å²) in [6, 6.07) is 16.5. The molecule has 0 saturated carbocycles. The lowest BCUT2D eigenvalue weighted by molar-refractivity contribution is 0.0999. The molecular weight excluding hydrogens is 324 g/mol. The van der Waals surface area contributed by atoms with E-state index < -0.39 is 11.5 Å². The number of carbonyl (C=O) groups excluding carboxylic acids is 1. The highest BCUT2D eigenvalue weighted by molar-refractivity contribution is 6.30. The quantitative estimate of drug-likeness (QED) is 0.762. The van der Waals surface area contributed by atoms with E-state index in [-0.39, 0.29) is 5.56 Å². The monoisotopic (exact) mass is 338 g/mol. The Bertz CT molecular complexity index is 961. The molecule has 1 amide bonds. The van der Waals surface area contributed by atoms with Crippen LogP contribution in [0.5, 0.6) is 0 Å². The van der Waals surface area contributed by atoms with Gasteiger partial charge in [0.2, 0.25) is 0 Å². The van der Waals surface area contributed by atoms with E-state index in [1.54, 1.807) is 31.2 Å². The van der Waals surface area contributed by atoms with Crippen molar-refractivity contribution < 1.29 is 4.79 Å². The normalized spacial score (nSPS) is 10.6. The number of hydrogen-bond acceptors (Lipinski definition) is 2. The number of H-pyrrole nitrogens is 1. The number of primary amides is 1. The van der Waals surface area contributed by atoms with Gasteiger partial charge < -0.3 is 10.7 Å². The Balaban J connectivity index is 2.45. The molecule has 3 aromatic rings. The van der Waals surface area contributed by atoms with E-state index >= 15 is 0 Å². The molecule has 0 unspecified atom stereocenters. The molecule has 5 heteroatoms. The smallest absolute Gasteiger partial charge is 0.261 e. The van der Waals surface area contributed by atoms with Gasteiger partial charge in [-0.05, 0) is 30.2 Å². The van der Waals surface area contributed by atoms with Crippen LogP contribution < -0.4 is 11.3 Å². The second kappa shape index (κ2) is 6.34. The van der Waals surface area contributed by atoms with Crippen molar-refractivity contribution in [1.82, 2.24) is 4.98 Å². The highest BCUT2D eigenvalue weighted by Crippen LogP contribution is 2.35. The first-order chi connectivity index (χ1) is 11.5. The fourth-order valence-corrected chi connectivity index (χ4v) is 2.95. The molecule has 2 aromatic carbocycles. The SMILES string of the molecule is Cc1[nH]c(=O)c(C(N)=O)c(-c2ccc(Cl)cc2)c1-c1ccccc1. The Morgan fingerprint density at radius 2 is 1.54 bits per heavy atom. The van der Waals surface area contributed by atoms with Gasteiger partial charge in [0.1, 0.15) is 5.56 Å². The Hall–Kier alpha value is -2.85. The lowest BCUT2D eigenvalue weighted by Crippen LogP contribution is -2.26. The van der Waals surface area contributed by atoms with Gasteiger partial charge in [0.15, 0.2) is 0 Å². The minimum atomic E-state index is -0.765. The van der Waals surface area contributed by atoms with Crippen molar-refractivity contribution in [3.8, 4) is 22.3 Å². The van der Waals surface area contributed by atoms with Gasteiger partial charge in [-0.3, -0.25) is 9.59 Å². The fourth-order valence-electron chi connectivity index (χ4n) is 2.83. The molecule has 0 bridgehead atoms. The number of rotatable bonds is 3. The van der Waals surface area contributed by atoms with Crippen molar-refractivity contribution in [3.05, 3.63) is 81.2 Å². The summed E-state index contributed by atoms with van der Waals surface area (Å²) < 4.78 is 0. The number of benzene rings is 2. The highest BCUT2D eigenvalue weighted by Gasteiger charge is 2.21. The topological polar surface area (TPSA) is 75.9 Å². The standard InChI is InChI=1S/C19H15ClN2O2/c1-11-15(12-5-3-2-4-6-12)16(13-7-9-14(20)10-8-13)17(18(21)23)19(24)22-11/h2-10H,1H3,(H2,21,23)(H,22,24). The Kier molecular flexibility index (Phi) is 4.23. The third-order valence-corrected chi connectivity index (χ3v) is 4.10. The van der Waals surface area contributed by atoms with E-state index in [0.29, 0.717) is 21.8 Å². The van der Waals surface area contributed by atoms with E-state index in [4.69, 9.17) is 17.3 Å². The third-order valence-electron chi connectivity index (χ3n) is 3.84. The zero-order valence-electron chi connectivity index (χ0n) is 13.0. The van der Waals surface area contributed by atoms with Crippen LogP contribution in [0, 0.1) is 6.92 Å². The molecule has 3 rings (SSSR count). The van der Waals surface area contributed by atoms with E-state index in [0.717, 1.165) is 11.1 Å². The van der Waals surface area contributed by atoms with Crippen LogP contribution in [-0.4, -0.2) is 10.9 Å². The number of aromatic amines is 1. The molecule has 0 saturated heterocycles. The first kappa shape index (κ1) is 16.0. The van der Waals surface area contributed by atoms with E-state index in [2.05, 4.69) is 4.98 Å². The summed E-state index contributed by atoms with van der Waals surface area (Å²) in [5, 5.41) is 0.571. The maximum atomic E-state index is 12.3. The summed E-state index contributed by atoms with van der Waals surface area (Å²) in [4.78, 5) is 27.0. The summed E-state index contributed by atoms with van der Waals surface area (Å²) >= 11 is 5.96. The lowest BCUT2D eigenvalue weighted by Gasteiger charge is -2.16. The van der Waals surface area contributed by atoms with Crippen LogP contribution in [0.3, 0.4) is 0 Å². The zero-order valence-corrected chi connectivity index (χ0v) is 13.7. The van der Waals surface area contributed by atoms with Crippen LogP contribution in [-0.2, 0) is 0 Å². The van der Waals surface area contributed by atoms with Crippen LogP contribution in [0.4, 0.5) is 0 Å². The number of halogens is 1. The molecule has 4 nitrogen and oxygen atoms in total. The molecule has 0 spiro atoms. The number of pyridine rings is 1. The van der Waals surface area contributed by atoms with Crippen LogP contribution in [0.1, 0.15) is 16.1 Å². The van der Waals surface area contributed by atoms with Gasteiger partial charge in [-0.2, -0.15) is 0 Å². The molecule has 1 heterocycles. The van der Waals surface area contributed by atoms with Crippen molar-refractivity contribution in [2.45, 2.75) is 6.92 Å². The van der Waals surface area contributed by atoms with Gasteiger partial charge in [-0.1, -0.05) is 54.1 Å². The largest absolute Gasteiger partial charge is 0.365 e. The van der Waals surface area contributed by atoms with Gasteiger partial charge >= 0.3 is 0 Å². The Morgan fingerprint density at radius 1 is 0.958 bits per heavy atom. The zero-order chi connectivity index (χ0) is 17.3. The van der Waals surface area contributed by atoms with Crippen molar-refractivity contribution in [3.63, 3.8) is 0 Å². The molecule has 1 aromatic heterocycles. The van der Waals surface area contributed by atoms with Gasteiger partial charge in [-0.25, -0.2) is 0 Å². The van der Waals surface area contributed by atoms with Gasteiger partial charge in [-0.15, -0.1) is 0 Å². The molecule has 0 atom stereocenters. The molecule has 120 valence electrons. The Labute approximate surface area is 143 Å². The number of aryl methyl sites for hydroxylation is 1. The lowest BCUT2D eigenvalue weighted by atomic mass is 9.90. The number of amides is 1. The average molecular weight is 339 g/mol. The van der Waals surface area contributed by atoms with Crippen LogP contribution in [0.2, 0.25) is 5.02 Å². The number of nitrogens with two attached hydrogens (primary N) is 1. The van der Waals surface area contributed by atoms with Crippen LogP contribution in [0.25, 0.3) is 22.3 Å². The molecule has 24 heavy (non-hydrogen) atoms. The van der Waals surface area contributed by atoms with Crippen LogP contribution >= 0.6 is 11.6 Å². The molecular formula is C19H15ClN2O2. The maximum absolute atomic E-state index is 12.3. The van der Waals surface area contributed by atoms with Crippen molar-refractivity contribution >= 4 is 17.5 Å². The molecule has 0 aliphatic rings. The summed E-state index contributed by atoms with van der Waals surface area (Å²) in [6.07, 6.45) is 0. The third kappa shape index (κ3) is 2.84. The van der Waals surface area contributed by atoms with Crippen LogP contribution in [0.15, 0.2) is 59.4 Å². The molecule has 3 N–H and O–H groups in total. The number of nitrogens with one attached hydrogen (secondary N) is 1. The van der Waals surface area contributed by atoms with Gasteiger partial charge in [0.25, 0.3) is 11.5 Å². The predicted octanol–water partition coefficient (Wildman–Crippen LogP) is 3.77. The molecule has 0 aliphatic carbocycles. The Morgan fingerprint density at radius 3 is 2.12 bits per heavy atom. The first-order valence-corrected chi connectivity index (χ1v) is 7.75. The second-order valence-electron chi connectivity index (χ2n) is 5.44. The highest BCUT2D eigenvalue weighted by atomic mass is 35.5. The minimum Gasteiger partial charge on any atom is -0.365 e. The second-order valence-corrected chi connectivity index (χ2v) is 5.88. The van der Waals surface area contributed by atoms with Crippen molar-refractivity contribution in [2.24, 2.45) is 5.73 Å². The molecule has 0 radical (unpaired) electrons.